The normalized spacial score (nSPS) is 23.9. The van der Waals surface area contributed by atoms with E-state index < -0.39 is 0 Å². The standard InChI is InChI=1S/C14H16ClFN2/c1-8(2)13-9(3)6-10(16)7-11(13)12-4-5-17-14(15)18-12/h4-9,13H,1-3H3. The van der Waals surface area contributed by atoms with Crippen LogP contribution in [-0.4, -0.2) is 9.97 Å². The zero-order chi connectivity index (χ0) is 13.3. The molecule has 0 amide bonds. The van der Waals surface area contributed by atoms with Gasteiger partial charge in [0.25, 0.3) is 0 Å². The fourth-order valence-corrected chi connectivity index (χ4v) is 2.78. The lowest BCUT2D eigenvalue weighted by molar-refractivity contribution is 0.385. The Bertz CT molecular complexity index is 508. The third-order valence-corrected chi connectivity index (χ3v) is 3.46. The highest BCUT2D eigenvalue weighted by Gasteiger charge is 2.29. The van der Waals surface area contributed by atoms with Gasteiger partial charge in [0.05, 0.1) is 5.69 Å². The summed E-state index contributed by atoms with van der Waals surface area (Å²) in [5, 5.41) is 0.193. The van der Waals surface area contributed by atoms with Crippen LogP contribution in [0.15, 0.2) is 30.2 Å². The van der Waals surface area contributed by atoms with E-state index in [2.05, 4.69) is 23.8 Å². The van der Waals surface area contributed by atoms with E-state index in [-0.39, 0.29) is 22.9 Å². The first-order valence-corrected chi connectivity index (χ1v) is 6.44. The lowest BCUT2D eigenvalue weighted by Gasteiger charge is -2.30. The highest BCUT2D eigenvalue weighted by atomic mass is 35.5. The third kappa shape index (κ3) is 2.61. The van der Waals surface area contributed by atoms with Gasteiger partial charge in [-0.2, -0.15) is 0 Å². The molecule has 0 aliphatic heterocycles. The van der Waals surface area contributed by atoms with E-state index in [9.17, 15) is 4.39 Å². The quantitative estimate of drug-likeness (QED) is 0.747. The minimum Gasteiger partial charge on any atom is -0.226 e. The van der Waals surface area contributed by atoms with E-state index in [1.54, 1.807) is 24.4 Å². The monoisotopic (exact) mass is 266 g/mol. The Morgan fingerprint density at radius 3 is 2.72 bits per heavy atom. The number of hydrogen-bond acceptors (Lipinski definition) is 2. The van der Waals surface area contributed by atoms with E-state index in [1.165, 1.54) is 0 Å². The number of aromatic nitrogens is 2. The predicted molar refractivity (Wildman–Crippen MR) is 71.7 cm³/mol. The molecule has 0 N–H and O–H groups in total. The zero-order valence-electron chi connectivity index (χ0n) is 10.7. The van der Waals surface area contributed by atoms with Crippen LogP contribution in [0.4, 0.5) is 4.39 Å². The number of rotatable bonds is 2. The smallest absolute Gasteiger partial charge is 0.222 e. The molecule has 1 aromatic heterocycles. The molecule has 0 saturated carbocycles. The zero-order valence-corrected chi connectivity index (χ0v) is 11.4. The van der Waals surface area contributed by atoms with Crippen molar-refractivity contribution < 1.29 is 4.39 Å². The Balaban J connectivity index is 2.48. The van der Waals surface area contributed by atoms with Crippen molar-refractivity contribution in [1.29, 1.82) is 0 Å². The first-order valence-electron chi connectivity index (χ1n) is 6.07. The average Bonchev–Trinajstić information content (AvgIpc) is 2.27. The fraction of sp³-hybridized carbons (Fsp3) is 0.429. The minimum atomic E-state index is -0.205. The molecule has 0 saturated heterocycles. The molecular formula is C14H16ClFN2. The van der Waals surface area contributed by atoms with Crippen LogP contribution in [0.3, 0.4) is 0 Å². The molecule has 0 bridgehead atoms. The van der Waals surface area contributed by atoms with Crippen LogP contribution in [0.1, 0.15) is 26.5 Å². The van der Waals surface area contributed by atoms with E-state index >= 15 is 0 Å². The van der Waals surface area contributed by atoms with E-state index in [0.717, 1.165) is 5.57 Å². The average molecular weight is 267 g/mol. The van der Waals surface area contributed by atoms with Gasteiger partial charge in [-0.25, -0.2) is 14.4 Å². The number of hydrogen-bond donors (Lipinski definition) is 0. The van der Waals surface area contributed by atoms with Crippen LogP contribution in [-0.2, 0) is 0 Å². The molecule has 2 nitrogen and oxygen atoms in total. The summed E-state index contributed by atoms with van der Waals surface area (Å²) in [6.07, 6.45) is 4.82. The Hall–Kier alpha value is -1.22. The highest BCUT2D eigenvalue weighted by Crippen LogP contribution is 2.39. The molecule has 0 spiro atoms. The first kappa shape index (κ1) is 13.2. The third-order valence-electron chi connectivity index (χ3n) is 3.28. The number of halogens is 2. The Labute approximate surface area is 112 Å². The Morgan fingerprint density at radius 1 is 1.39 bits per heavy atom. The van der Waals surface area contributed by atoms with Crippen molar-refractivity contribution in [2.45, 2.75) is 20.8 Å². The molecule has 1 aliphatic carbocycles. The van der Waals surface area contributed by atoms with Gasteiger partial charge in [-0.1, -0.05) is 20.8 Å². The molecule has 1 aliphatic rings. The molecule has 0 aromatic carbocycles. The minimum absolute atomic E-state index is 0.152. The second-order valence-corrected chi connectivity index (χ2v) is 5.33. The van der Waals surface area contributed by atoms with Gasteiger partial charge < -0.3 is 0 Å². The summed E-state index contributed by atoms with van der Waals surface area (Å²) in [6, 6.07) is 1.78. The lowest BCUT2D eigenvalue weighted by atomic mass is 9.75. The predicted octanol–water partition coefficient (Wildman–Crippen LogP) is 4.29. The molecule has 2 unspecified atom stereocenters. The summed E-state index contributed by atoms with van der Waals surface area (Å²) in [6.45, 7) is 6.30. The van der Waals surface area contributed by atoms with E-state index in [4.69, 9.17) is 11.6 Å². The molecule has 2 rings (SSSR count). The van der Waals surface area contributed by atoms with Crippen LogP contribution in [0.2, 0.25) is 5.28 Å². The van der Waals surface area contributed by atoms with Crippen molar-refractivity contribution in [3.05, 3.63) is 41.2 Å². The van der Waals surface area contributed by atoms with Gasteiger partial charge in [-0.15, -0.1) is 0 Å². The molecule has 2 atom stereocenters. The summed E-state index contributed by atoms with van der Waals surface area (Å²) >= 11 is 5.81. The van der Waals surface area contributed by atoms with Gasteiger partial charge in [0, 0.05) is 6.20 Å². The van der Waals surface area contributed by atoms with Gasteiger partial charge in [-0.05, 0) is 53.1 Å². The molecule has 0 radical (unpaired) electrons. The second kappa shape index (κ2) is 5.19. The molecule has 96 valence electrons. The summed E-state index contributed by atoms with van der Waals surface area (Å²) in [5.74, 6) is 0.600. The topological polar surface area (TPSA) is 25.8 Å². The van der Waals surface area contributed by atoms with Gasteiger partial charge in [-0.3, -0.25) is 0 Å². The first-order chi connectivity index (χ1) is 8.49. The number of nitrogens with zero attached hydrogens (tertiary/aromatic N) is 2. The van der Waals surface area contributed by atoms with Gasteiger partial charge in [0.15, 0.2) is 0 Å². The van der Waals surface area contributed by atoms with Crippen LogP contribution < -0.4 is 0 Å². The van der Waals surface area contributed by atoms with Crippen molar-refractivity contribution in [2.24, 2.45) is 17.8 Å². The van der Waals surface area contributed by atoms with Crippen molar-refractivity contribution in [3.63, 3.8) is 0 Å². The Kier molecular flexibility index (Phi) is 3.81. The van der Waals surface area contributed by atoms with Gasteiger partial charge in [0.1, 0.15) is 5.83 Å². The molecule has 18 heavy (non-hydrogen) atoms. The summed E-state index contributed by atoms with van der Waals surface area (Å²) < 4.78 is 13.6. The van der Waals surface area contributed by atoms with Crippen LogP contribution in [0.25, 0.3) is 5.57 Å². The maximum atomic E-state index is 13.6. The second-order valence-electron chi connectivity index (χ2n) is 4.99. The SMILES string of the molecule is CC(C)C1C(c2ccnc(Cl)n2)=CC(F)=CC1C. The van der Waals surface area contributed by atoms with Gasteiger partial charge in [0.2, 0.25) is 5.28 Å². The highest BCUT2D eigenvalue weighted by molar-refractivity contribution is 6.28. The van der Waals surface area contributed by atoms with Crippen molar-refractivity contribution in [3.8, 4) is 0 Å². The van der Waals surface area contributed by atoms with E-state index in [1.807, 2.05) is 6.92 Å². The maximum Gasteiger partial charge on any atom is 0.222 e. The molecule has 0 fully saturated rings. The summed E-state index contributed by atoms with van der Waals surface area (Å²) in [5.41, 5.74) is 1.62. The van der Waals surface area contributed by atoms with Crippen LogP contribution in [0, 0.1) is 17.8 Å². The van der Waals surface area contributed by atoms with Crippen molar-refractivity contribution in [2.75, 3.05) is 0 Å². The van der Waals surface area contributed by atoms with Crippen molar-refractivity contribution in [1.82, 2.24) is 9.97 Å². The fourth-order valence-electron chi connectivity index (χ4n) is 2.64. The molecule has 1 aromatic rings. The van der Waals surface area contributed by atoms with Crippen LogP contribution >= 0.6 is 11.6 Å². The van der Waals surface area contributed by atoms with E-state index in [0.29, 0.717) is 11.6 Å². The largest absolute Gasteiger partial charge is 0.226 e. The summed E-state index contributed by atoms with van der Waals surface area (Å²) in [4.78, 5) is 8.05. The molecule has 4 heteroatoms. The lowest BCUT2D eigenvalue weighted by Crippen LogP contribution is -2.21. The molecule has 1 heterocycles. The maximum absolute atomic E-state index is 13.6. The van der Waals surface area contributed by atoms with Gasteiger partial charge >= 0.3 is 0 Å². The Morgan fingerprint density at radius 2 is 2.11 bits per heavy atom. The number of allylic oxidation sites excluding steroid dienone is 4. The summed E-state index contributed by atoms with van der Waals surface area (Å²) in [7, 11) is 0. The van der Waals surface area contributed by atoms with Crippen LogP contribution in [0.5, 0.6) is 0 Å². The molecular weight excluding hydrogens is 251 g/mol. The van der Waals surface area contributed by atoms with Crippen molar-refractivity contribution >= 4 is 17.2 Å².